The van der Waals surface area contributed by atoms with Crippen LogP contribution in [0.15, 0.2) is 48.5 Å². The van der Waals surface area contributed by atoms with Gasteiger partial charge in [-0.1, -0.05) is 36.4 Å². The van der Waals surface area contributed by atoms with Crippen LogP contribution >= 0.6 is 0 Å². The second-order valence-corrected chi connectivity index (χ2v) is 7.60. The van der Waals surface area contributed by atoms with E-state index in [4.69, 9.17) is 0 Å². The molecule has 6 nitrogen and oxygen atoms in total. The van der Waals surface area contributed by atoms with Gasteiger partial charge in [-0.25, -0.2) is 0 Å². The van der Waals surface area contributed by atoms with Crippen molar-refractivity contribution in [2.45, 2.75) is 0 Å². The Kier molecular flexibility index (Phi) is 4.32. The summed E-state index contributed by atoms with van der Waals surface area (Å²) in [5, 5.41) is 63.3. The van der Waals surface area contributed by atoms with Crippen LogP contribution in [0, 0.1) is 68.0 Å². The van der Waals surface area contributed by atoms with Gasteiger partial charge in [0.2, 0.25) is 0 Å². The van der Waals surface area contributed by atoms with Gasteiger partial charge < -0.3 is 0 Å². The minimum Gasteiger partial charge on any atom is -0.192 e. The molecule has 6 heteroatoms. The summed E-state index contributed by atoms with van der Waals surface area (Å²) in [7, 11) is 0. The van der Waals surface area contributed by atoms with E-state index in [0.29, 0.717) is 21.5 Å². The van der Waals surface area contributed by atoms with Crippen LogP contribution in [-0.2, 0) is 0 Å². The standard InChI is InChI=1S/C28H8N6/c29-9-15-7-23-19-3-4-20-18(17(19)1-5-21(23)27(13-33)25(15)11-31)2-6-22-24(20)8-16(10-30)26(12-32)28(22)14-34/h1-8H. The Bertz CT molecular complexity index is 1880. The van der Waals surface area contributed by atoms with Gasteiger partial charge in [0.25, 0.3) is 0 Å². The molecule has 5 aromatic rings. The van der Waals surface area contributed by atoms with Gasteiger partial charge in [-0.3, -0.25) is 0 Å². The van der Waals surface area contributed by atoms with Crippen molar-refractivity contribution in [3.63, 3.8) is 0 Å². The molecule has 0 aromatic heterocycles. The van der Waals surface area contributed by atoms with Crippen molar-refractivity contribution in [1.82, 2.24) is 0 Å². The smallest absolute Gasteiger partial charge is 0.102 e. The number of rotatable bonds is 0. The van der Waals surface area contributed by atoms with E-state index in [-0.39, 0.29) is 33.4 Å². The summed E-state index contributed by atoms with van der Waals surface area (Å²) in [6, 6.07) is 26.3. The number of fused-ring (bicyclic) bond motifs is 7. The summed E-state index contributed by atoms with van der Waals surface area (Å²) < 4.78 is 0. The Morgan fingerprint density at radius 2 is 0.618 bits per heavy atom. The minimum absolute atomic E-state index is 0.0602. The molecule has 0 spiro atoms. The predicted octanol–water partition coefficient (Wildman–Crippen LogP) is 5.53. The molecule has 0 heterocycles. The summed E-state index contributed by atoms with van der Waals surface area (Å²) >= 11 is 0. The Morgan fingerprint density at radius 1 is 0.324 bits per heavy atom. The number of benzene rings is 5. The highest BCUT2D eigenvalue weighted by atomic mass is 14.3. The molecular formula is C28H8N6. The zero-order valence-corrected chi connectivity index (χ0v) is 17.3. The zero-order chi connectivity index (χ0) is 24.0. The molecule has 0 saturated heterocycles. The van der Waals surface area contributed by atoms with E-state index in [1.165, 1.54) is 0 Å². The topological polar surface area (TPSA) is 143 Å². The average Bonchev–Trinajstić information content (AvgIpc) is 2.89. The van der Waals surface area contributed by atoms with E-state index in [1.807, 2.05) is 48.5 Å². The van der Waals surface area contributed by atoms with E-state index in [2.05, 4.69) is 12.1 Å². The highest BCUT2D eigenvalue weighted by Crippen LogP contribution is 2.38. The molecule has 5 rings (SSSR count). The fraction of sp³-hybridized carbons (Fsp3) is 0. The maximum absolute atomic E-state index is 9.69. The first-order chi connectivity index (χ1) is 16.6. The van der Waals surface area contributed by atoms with Gasteiger partial charge >= 0.3 is 0 Å². The van der Waals surface area contributed by atoms with Crippen molar-refractivity contribution >= 4 is 43.1 Å². The monoisotopic (exact) mass is 428 g/mol. The third kappa shape index (κ3) is 2.50. The number of hydrogen-bond acceptors (Lipinski definition) is 6. The van der Waals surface area contributed by atoms with Gasteiger partial charge in [0.15, 0.2) is 0 Å². The van der Waals surface area contributed by atoms with Gasteiger partial charge in [-0.2, -0.15) is 31.6 Å². The molecule has 150 valence electrons. The third-order valence-corrected chi connectivity index (χ3v) is 6.12. The van der Waals surface area contributed by atoms with E-state index in [9.17, 15) is 31.6 Å². The first kappa shape index (κ1) is 20.0. The number of nitriles is 6. The van der Waals surface area contributed by atoms with Crippen LogP contribution < -0.4 is 0 Å². The molecule has 0 saturated carbocycles. The summed E-state index contributed by atoms with van der Waals surface area (Å²) in [6.07, 6.45) is 0. The Labute approximate surface area is 193 Å². The van der Waals surface area contributed by atoms with E-state index >= 15 is 0 Å². The molecule has 0 amide bonds. The van der Waals surface area contributed by atoms with Crippen molar-refractivity contribution in [1.29, 1.82) is 31.6 Å². The van der Waals surface area contributed by atoms with Crippen molar-refractivity contribution in [3.8, 4) is 36.4 Å². The first-order valence-corrected chi connectivity index (χ1v) is 9.98. The molecule has 0 N–H and O–H groups in total. The van der Waals surface area contributed by atoms with Gasteiger partial charge in [0.1, 0.15) is 36.4 Å². The van der Waals surface area contributed by atoms with Gasteiger partial charge in [-0.05, 0) is 44.5 Å². The molecule has 34 heavy (non-hydrogen) atoms. The van der Waals surface area contributed by atoms with Gasteiger partial charge in [-0.15, -0.1) is 0 Å². The van der Waals surface area contributed by atoms with Gasteiger partial charge in [0, 0.05) is 10.8 Å². The van der Waals surface area contributed by atoms with Crippen molar-refractivity contribution in [2.24, 2.45) is 0 Å². The minimum atomic E-state index is 0.0602. The molecule has 5 aromatic carbocycles. The SMILES string of the molecule is N#Cc1cc2c(ccc3c2ccc2c4cc(C#N)c(C#N)c(C#N)c4ccc23)c(C#N)c1C#N. The van der Waals surface area contributed by atoms with Crippen molar-refractivity contribution in [2.75, 3.05) is 0 Å². The lowest BCUT2D eigenvalue weighted by Crippen LogP contribution is -1.94. The Morgan fingerprint density at radius 3 is 0.912 bits per heavy atom. The Hall–Kier alpha value is -5.92. The number of hydrogen-bond donors (Lipinski definition) is 0. The third-order valence-electron chi connectivity index (χ3n) is 6.12. The average molecular weight is 428 g/mol. The molecule has 0 unspecified atom stereocenters. The second kappa shape index (κ2) is 7.34. The predicted molar refractivity (Wildman–Crippen MR) is 125 cm³/mol. The molecule has 0 atom stereocenters. The van der Waals surface area contributed by atoms with Gasteiger partial charge in [0.05, 0.1) is 33.4 Å². The van der Waals surface area contributed by atoms with E-state index in [0.717, 1.165) is 21.5 Å². The van der Waals surface area contributed by atoms with Crippen LogP contribution in [0.4, 0.5) is 0 Å². The normalized spacial score (nSPS) is 10.2. The fourth-order valence-electron chi connectivity index (χ4n) is 4.63. The van der Waals surface area contributed by atoms with E-state index in [1.54, 1.807) is 24.3 Å². The maximum atomic E-state index is 9.69. The zero-order valence-electron chi connectivity index (χ0n) is 17.3. The summed E-state index contributed by atoms with van der Waals surface area (Å²) in [6.45, 7) is 0. The highest BCUT2D eigenvalue weighted by Gasteiger charge is 2.18. The summed E-state index contributed by atoms with van der Waals surface area (Å²) in [5.41, 5.74) is 0.727. The largest absolute Gasteiger partial charge is 0.192 e. The van der Waals surface area contributed by atoms with Crippen LogP contribution in [0.1, 0.15) is 33.4 Å². The van der Waals surface area contributed by atoms with Crippen LogP contribution in [-0.4, -0.2) is 0 Å². The molecule has 0 aliphatic rings. The highest BCUT2D eigenvalue weighted by molar-refractivity contribution is 6.23. The van der Waals surface area contributed by atoms with Crippen LogP contribution in [0.2, 0.25) is 0 Å². The lowest BCUT2D eigenvalue weighted by molar-refractivity contribution is 1.42. The van der Waals surface area contributed by atoms with Crippen LogP contribution in [0.25, 0.3) is 43.1 Å². The molecule has 0 aliphatic carbocycles. The number of nitrogens with zero attached hydrogens (tertiary/aromatic N) is 6. The molecule has 0 radical (unpaired) electrons. The summed E-state index contributed by atoms with van der Waals surface area (Å²) in [5.74, 6) is 0. The Balaban J connectivity index is 1.99. The first-order valence-electron chi connectivity index (χ1n) is 9.98. The van der Waals surface area contributed by atoms with Crippen LogP contribution in [0.3, 0.4) is 0 Å². The second-order valence-electron chi connectivity index (χ2n) is 7.60. The van der Waals surface area contributed by atoms with E-state index < -0.39 is 0 Å². The van der Waals surface area contributed by atoms with Crippen molar-refractivity contribution < 1.29 is 0 Å². The molecule has 0 aliphatic heterocycles. The lowest BCUT2D eigenvalue weighted by atomic mass is 9.88. The summed E-state index contributed by atoms with van der Waals surface area (Å²) in [4.78, 5) is 0. The lowest BCUT2D eigenvalue weighted by Gasteiger charge is -2.13. The van der Waals surface area contributed by atoms with Crippen molar-refractivity contribution in [3.05, 3.63) is 81.9 Å². The fourth-order valence-corrected chi connectivity index (χ4v) is 4.63. The van der Waals surface area contributed by atoms with Crippen LogP contribution in [0.5, 0.6) is 0 Å². The molecular weight excluding hydrogens is 420 g/mol. The molecule has 0 bridgehead atoms. The maximum Gasteiger partial charge on any atom is 0.102 e. The quantitative estimate of drug-likeness (QED) is 0.297. The molecule has 0 fully saturated rings.